The Morgan fingerprint density at radius 2 is 1.16 bits per heavy atom. The lowest BCUT2D eigenvalue weighted by molar-refractivity contribution is -0.113. The molecule has 128 valence electrons. The molecular formula is C24H26O. The normalized spacial score (nSPS) is 21.7. The van der Waals surface area contributed by atoms with Crippen LogP contribution < -0.4 is 0 Å². The van der Waals surface area contributed by atoms with Gasteiger partial charge in [0.2, 0.25) is 0 Å². The van der Waals surface area contributed by atoms with Gasteiger partial charge in [-0.15, -0.1) is 0 Å². The van der Waals surface area contributed by atoms with Gasteiger partial charge in [-0.05, 0) is 47.5 Å². The van der Waals surface area contributed by atoms with Crippen LogP contribution in [0.15, 0.2) is 71.8 Å². The van der Waals surface area contributed by atoms with Crippen molar-refractivity contribution in [1.29, 1.82) is 0 Å². The molecule has 2 aromatic carbocycles. The summed E-state index contributed by atoms with van der Waals surface area (Å²) in [5.41, 5.74) is 4.23. The van der Waals surface area contributed by atoms with Gasteiger partial charge in [0.05, 0.1) is 0 Å². The van der Waals surface area contributed by atoms with Crippen molar-refractivity contribution in [2.75, 3.05) is 0 Å². The molecule has 0 bridgehead atoms. The zero-order valence-corrected chi connectivity index (χ0v) is 15.3. The molecule has 0 spiro atoms. The first-order valence-corrected chi connectivity index (χ1v) is 8.99. The molecule has 25 heavy (non-hydrogen) atoms. The fourth-order valence-corrected chi connectivity index (χ4v) is 3.36. The molecule has 0 amide bonds. The molecule has 1 nitrogen and oxygen atoms in total. The van der Waals surface area contributed by atoms with Crippen molar-refractivity contribution in [3.8, 4) is 0 Å². The van der Waals surface area contributed by atoms with Crippen molar-refractivity contribution in [1.82, 2.24) is 0 Å². The Kier molecular flexibility index (Phi) is 5.03. The molecule has 0 saturated heterocycles. The van der Waals surface area contributed by atoms with Crippen LogP contribution in [0.2, 0.25) is 0 Å². The minimum atomic E-state index is 0.173. The zero-order valence-electron chi connectivity index (χ0n) is 15.3. The van der Waals surface area contributed by atoms with Crippen LogP contribution in [0.25, 0.3) is 12.2 Å². The second-order valence-electron chi connectivity index (χ2n) is 7.96. The maximum Gasteiger partial charge on any atom is 0.185 e. The quantitative estimate of drug-likeness (QED) is 0.601. The highest BCUT2D eigenvalue weighted by Crippen LogP contribution is 2.41. The van der Waals surface area contributed by atoms with Gasteiger partial charge in [0, 0.05) is 11.1 Å². The number of benzene rings is 2. The van der Waals surface area contributed by atoms with E-state index in [-0.39, 0.29) is 11.2 Å². The van der Waals surface area contributed by atoms with Gasteiger partial charge in [0.25, 0.3) is 0 Å². The summed E-state index contributed by atoms with van der Waals surface area (Å²) in [5, 5.41) is 0. The predicted molar refractivity (Wildman–Crippen MR) is 106 cm³/mol. The third-order valence-corrected chi connectivity index (χ3v) is 5.02. The van der Waals surface area contributed by atoms with E-state index >= 15 is 0 Å². The summed E-state index contributed by atoms with van der Waals surface area (Å²) in [7, 11) is 0. The maximum atomic E-state index is 13.1. The van der Waals surface area contributed by atoms with Gasteiger partial charge in [0.15, 0.2) is 5.78 Å². The van der Waals surface area contributed by atoms with Crippen LogP contribution >= 0.6 is 0 Å². The lowest BCUT2D eigenvalue weighted by atomic mass is 9.68. The van der Waals surface area contributed by atoms with Crippen LogP contribution in [0.5, 0.6) is 0 Å². The average molecular weight is 330 g/mol. The van der Waals surface area contributed by atoms with Crippen molar-refractivity contribution >= 4 is 17.9 Å². The Morgan fingerprint density at radius 3 is 1.52 bits per heavy atom. The van der Waals surface area contributed by atoms with Crippen molar-refractivity contribution in [3.63, 3.8) is 0 Å². The van der Waals surface area contributed by atoms with Crippen molar-refractivity contribution in [2.45, 2.75) is 33.6 Å². The van der Waals surface area contributed by atoms with E-state index in [1.807, 2.05) is 36.4 Å². The Labute approximate surface area is 151 Å². The molecule has 1 heteroatoms. The molecule has 3 rings (SSSR count). The zero-order chi connectivity index (χ0) is 17.9. The highest BCUT2D eigenvalue weighted by Gasteiger charge is 2.34. The molecule has 0 aliphatic heterocycles. The Hall–Kier alpha value is -2.41. The standard InChI is InChI=1S/C24H26O/c1-24(2,3)22-16-20(14-18-10-6-4-7-11-18)23(25)21(17-22)15-19-12-8-5-9-13-19/h4-15,22H,16-17H2,1-3H3. The molecular weight excluding hydrogens is 304 g/mol. The number of Topliss-reactive ketones (excluding diaryl/α,β-unsaturated/α-hetero) is 1. The van der Waals surface area contributed by atoms with Gasteiger partial charge in [-0.2, -0.15) is 0 Å². The Balaban J connectivity index is 2.00. The number of allylic oxidation sites excluding steroid dienone is 2. The lowest BCUT2D eigenvalue weighted by Gasteiger charge is -2.35. The van der Waals surface area contributed by atoms with E-state index in [2.05, 4.69) is 57.2 Å². The number of ketones is 1. The largest absolute Gasteiger partial charge is 0.289 e. The first-order chi connectivity index (χ1) is 11.9. The Morgan fingerprint density at radius 1 is 0.760 bits per heavy atom. The molecule has 0 heterocycles. The summed E-state index contributed by atoms with van der Waals surface area (Å²) in [6.45, 7) is 6.81. The monoisotopic (exact) mass is 330 g/mol. The number of carbonyl (C=O) groups is 1. The molecule has 1 saturated carbocycles. The molecule has 0 atom stereocenters. The first-order valence-electron chi connectivity index (χ1n) is 8.99. The van der Waals surface area contributed by atoms with Crippen molar-refractivity contribution in [3.05, 3.63) is 82.9 Å². The van der Waals surface area contributed by atoms with Crippen LogP contribution in [-0.2, 0) is 4.79 Å². The predicted octanol–water partition coefficient (Wildman–Crippen LogP) is 6.18. The van der Waals surface area contributed by atoms with Gasteiger partial charge in [0.1, 0.15) is 0 Å². The van der Waals surface area contributed by atoms with Crippen LogP contribution in [0, 0.1) is 11.3 Å². The molecule has 0 radical (unpaired) electrons. The minimum Gasteiger partial charge on any atom is -0.289 e. The topological polar surface area (TPSA) is 17.1 Å². The molecule has 0 aromatic heterocycles. The molecule has 1 fully saturated rings. The smallest absolute Gasteiger partial charge is 0.185 e. The van der Waals surface area contributed by atoms with Crippen LogP contribution in [0.3, 0.4) is 0 Å². The molecule has 0 unspecified atom stereocenters. The van der Waals surface area contributed by atoms with E-state index in [0.717, 1.165) is 35.1 Å². The fraction of sp³-hybridized carbons (Fsp3) is 0.292. The van der Waals surface area contributed by atoms with E-state index in [9.17, 15) is 4.79 Å². The maximum absolute atomic E-state index is 13.1. The summed E-state index contributed by atoms with van der Waals surface area (Å²) in [4.78, 5) is 13.1. The second kappa shape index (κ2) is 7.23. The van der Waals surface area contributed by atoms with Crippen LogP contribution in [0.1, 0.15) is 44.7 Å². The van der Waals surface area contributed by atoms with Crippen molar-refractivity contribution in [2.24, 2.45) is 11.3 Å². The van der Waals surface area contributed by atoms with Crippen LogP contribution in [0.4, 0.5) is 0 Å². The molecule has 1 aliphatic rings. The third kappa shape index (κ3) is 4.36. The number of hydrogen-bond acceptors (Lipinski definition) is 1. The highest BCUT2D eigenvalue weighted by atomic mass is 16.1. The summed E-state index contributed by atoms with van der Waals surface area (Å²) in [6.07, 6.45) is 5.84. The SMILES string of the molecule is CC(C)(C)C1CC(=Cc2ccccc2)C(=O)C(=Cc2ccccc2)C1. The molecule has 1 aliphatic carbocycles. The summed E-state index contributed by atoms with van der Waals surface area (Å²) in [6, 6.07) is 20.3. The number of hydrogen-bond donors (Lipinski definition) is 0. The fourth-order valence-electron chi connectivity index (χ4n) is 3.36. The van der Waals surface area contributed by atoms with E-state index in [0.29, 0.717) is 5.92 Å². The highest BCUT2D eigenvalue weighted by molar-refractivity contribution is 6.14. The average Bonchev–Trinajstić information content (AvgIpc) is 2.59. The van der Waals surface area contributed by atoms with Gasteiger partial charge >= 0.3 is 0 Å². The summed E-state index contributed by atoms with van der Waals surface area (Å²) < 4.78 is 0. The summed E-state index contributed by atoms with van der Waals surface area (Å²) in [5.74, 6) is 0.670. The second-order valence-corrected chi connectivity index (χ2v) is 7.96. The van der Waals surface area contributed by atoms with Gasteiger partial charge in [-0.3, -0.25) is 4.79 Å². The van der Waals surface area contributed by atoms with Gasteiger partial charge < -0.3 is 0 Å². The van der Waals surface area contributed by atoms with Gasteiger partial charge in [-0.1, -0.05) is 81.4 Å². The minimum absolute atomic E-state index is 0.173. The van der Waals surface area contributed by atoms with E-state index in [4.69, 9.17) is 0 Å². The van der Waals surface area contributed by atoms with E-state index in [1.165, 1.54) is 0 Å². The first kappa shape index (κ1) is 17.4. The third-order valence-electron chi connectivity index (χ3n) is 5.02. The lowest BCUT2D eigenvalue weighted by Crippen LogP contribution is -2.29. The van der Waals surface area contributed by atoms with Gasteiger partial charge in [-0.25, -0.2) is 0 Å². The van der Waals surface area contributed by atoms with E-state index in [1.54, 1.807) is 0 Å². The van der Waals surface area contributed by atoms with E-state index < -0.39 is 0 Å². The summed E-state index contributed by atoms with van der Waals surface area (Å²) >= 11 is 0. The molecule has 0 N–H and O–H groups in total. The number of carbonyl (C=O) groups excluding carboxylic acids is 1. The molecule has 2 aromatic rings. The Bertz CT molecular complexity index is 727. The van der Waals surface area contributed by atoms with Crippen molar-refractivity contribution < 1.29 is 4.79 Å². The van der Waals surface area contributed by atoms with Crippen LogP contribution in [-0.4, -0.2) is 5.78 Å². The number of rotatable bonds is 2.